The van der Waals surface area contributed by atoms with E-state index in [1.807, 2.05) is 0 Å². The maximum atomic E-state index is 5.91. The Morgan fingerprint density at radius 3 is 2.73 bits per heavy atom. The molecule has 0 aromatic carbocycles. The fourth-order valence-corrected chi connectivity index (χ4v) is 2.99. The van der Waals surface area contributed by atoms with Crippen LogP contribution >= 0.6 is 0 Å². The van der Waals surface area contributed by atoms with Crippen molar-refractivity contribution in [2.24, 2.45) is 17.6 Å². The summed E-state index contributed by atoms with van der Waals surface area (Å²) in [5.74, 6) is 1.62. The van der Waals surface area contributed by atoms with E-state index >= 15 is 0 Å². The predicted molar refractivity (Wildman–Crippen MR) is 64.8 cm³/mol. The molecule has 2 atom stereocenters. The van der Waals surface area contributed by atoms with Crippen LogP contribution in [-0.4, -0.2) is 18.8 Å². The minimum absolute atomic E-state index is 0.00650. The first-order valence-electron chi connectivity index (χ1n) is 6.46. The average Bonchev–Trinajstić information content (AvgIpc) is 2.17. The fourth-order valence-electron chi connectivity index (χ4n) is 2.99. The van der Waals surface area contributed by atoms with Crippen LogP contribution in [0.1, 0.15) is 52.9 Å². The number of nitrogens with two attached hydrogens (primary N) is 1. The van der Waals surface area contributed by atoms with Gasteiger partial charge in [-0.2, -0.15) is 0 Å². The van der Waals surface area contributed by atoms with E-state index in [4.69, 9.17) is 10.5 Å². The molecule has 0 amide bonds. The van der Waals surface area contributed by atoms with Gasteiger partial charge in [0.15, 0.2) is 0 Å². The predicted octanol–water partition coefficient (Wildman–Crippen LogP) is 2.96. The molecule has 1 saturated carbocycles. The summed E-state index contributed by atoms with van der Waals surface area (Å²) >= 11 is 0. The summed E-state index contributed by atoms with van der Waals surface area (Å²) in [7, 11) is 0. The van der Waals surface area contributed by atoms with Crippen molar-refractivity contribution in [3.05, 3.63) is 0 Å². The smallest absolute Gasteiger partial charge is 0.0806 e. The standard InChI is InChI=1S/C13H27NO/c1-4-15-13(10-14)7-5-6-12(9-13)8-11(2)3/h11-12H,4-10,14H2,1-3H3. The Labute approximate surface area is 94.6 Å². The van der Waals surface area contributed by atoms with E-state index in [-0.39, 0.29) is 5.60 Å². The topological polar surface area (TPSA) is 35.2 Å². The molecule has 15 heavy (non-hydrogen) atoms. The molecule has 2 heteroatoms. The summed E-state index contributed by atoms with van der Waals surface area (Å²) in [6.07, 6.45) is 6.32. The van der Waals surface area contributed by atoms with Crippen LogP contribution in [0, 0.1) is 11.8 Å². The largest absolute Gasteiger partial charge is 0.374 e. The molecule has 90 valence electrons. The molecule has 0 saturated heterocycles. The van der Waals surface area contributed by atoms with Gasteiger partial charge in [0, 0.05) is 13.2 Å². The second kappa shape index (κ2) is 5.86. The van der Waals surface area contributed by atoms with E-state index in [0.29, 0.717) is 6.54 Å². The first kappa shape index (κ1) is 13.0. The molecule has 0 radical (unpaired) electrons. The highest BCUT2D eigenvalue weighted by molar-refractivity contribution is 4.89. The summed E-state index contributed by atoms with van der Waals surface area (Å²) in [6, 6.07) is 0. The summed E-state index contributed by atoms with van der Waals surface area (Å²) in [6.45, 7) is 8.17. The molecule has 0 heterocycles. The lowest BCUT2D eigenvalue weighted by molar-refractivity contribution is -0.0728. The Morgan fingerprint density at radius 1 is 1.47 bits per heavy atom. The molecule has 2 N–H and O–H groups in total. The van der Waals surface area contributed by atoms with Gasteiger partial charge in [-0.1, -0.05) is 26.7 Å². The summed E-state index contributed by atoms with van der Waals surface area (Å²) in [4.78, 5) is 0. The van der Waals surface area contributed by atoms with Gasteiger partial charge in [0.1, 0.15) is 0 Å². The molecule has 0 bridgehead atoms. The lowest BCUT2D eigenvalue weighted by Crippen LogP contribution is -2.45. The fraction of sp³-hybridized carbons (Fsp3) is 1.00. The van der Waals surface area contributed by atoms with Gasteiger partial charge < -0.3 is 10.5 Å². The van der Waals surface area contributed by atoms with Crippen molar-refractivity contribution in [1.82, 2.24) is 0 Å². The quantitative estimate of drug-likeness (QED) is 0.762. The first-order chi connectivity index (χ1) is 7.12. The molecule has 2 nitrogen and oxygen atoms in total. The highest BCUT2D eigenvalue weighted by atomic mass is 16.5. The molecule has 0 spiro atoms. The Balaban J connectivity index is 2.51. The summed E-state index contributed by atoms with van der Waals surface area (Å²) in [5.41, 5.74) is 5.90. The van der Waals surface area contributed by atoms with E-state index in [2.05, 4.69) is 20.8 Å². The van der Waals surface area contributed by atoms with Gasteiger partial charge in [-0.3, -0.25) is 0 Å². The second-order valence-electron chi connectivity index (χ2n) is 5.41. The van der Waals surface area contributed by atoms with Gasteiger partial charge in [0.2, 0.25) is 0 Å². The Hall–Kier alpha value is -0.0800. The highest BCUT2D eigenvalue weighted by Gasteiger charge is 2.35. The van der Waals surface area contributed by atoms with Crippen LogP contribution in [0.2, 0.25) is 0 Å². The van der Waals surface area contributed by atoms with Gasteiger partial charge in [-0.05, 0) is 38.0 Å². The zero-order chi connectivity index (χ0) is 11.3. The Morgan fingerprint density at radius 2 is 2.20 bits per heavy atom. The van der Waals surface area contributed by atoms with Crippen LogP contribution in [0.3, 0.4) is 0 Å². The zero-order valence-electron chi connectivity index (χ0n) is 10.6. The van der Waals surface area contributed by atoms with Crippen LogP contribution in [0.4, 0.5) is 0 Å². The molecule has 1 fully saturated rings. The van der Waals surface area contributed by atoms with Crippen molar-refractivity contribution in [2.45, 2.75) is 58.5 Å². The summed E-state index contributed by atoms with van der Waals surface area (Å²) < 4.78 is 5.91. The Kier molecular flexibility index (Phi) is 5.07. The van der Waals surface area contributed by atoms with Gasteiger partial charge >= 0.3 is 0 Å². The molecular formula is C13H27NO. The third-order valence-electron chi connectivity index (χ3n) is 3.53. The molecule has 2 unspecified atom stereocenters. The van der Waals surface area contributed by atoms with E-state index in [9.17, 15) is 0 Å². The third-order valence-corrected chi connectivity index (χ3v) is 3.53. The SMILES string of the molecule is CCOC1(CN)CCCC(CC(C)C)C1. The van der Waals surface area contributed by atoms with Crippen LogP contribution in [0.15, 0.2) is 0 Å². The molecule has 1 aliphatic carbocycles. The first-order valence-corrected chi connectivity index (χ1v) is 6.46. The number of ether oxygens (including phenoxy) is 1. The van der Waals surface area contributed by atoms with Gasteiger partial charge in [-0.15, -0.1) is 0 Å². The monoisotopic (exact) mass is 213 g/mol. The molecular weight excluding hydrogens is 186 g/mol. The molecule has 0 aliphatic heterocycles. The third kappa shape index (κ3) is 3.76. The number of hydrogen-bond acceptors (Lipinski definition) is 2. The van der Waals surface area contributed by atoms with Crippen molar-refractivity contribution >= 4 is 0 Å². The lowest BCUT2D eigenvalue weighted by atomic mass is 9.75. The minimum atomic E-state index is 0.00650. The van der Waals surface area contributed by atoms with E-state index < -0.39 is 0 Å². The molecule has 1 aliphatic rings. The number of hydrogen-bond donors (Lipinski definition) is 1. The maximum Gasteiger partial charge on any atom is 0.0806 e. The molecule has 0 aromatic heterocycles. The summed E-state index contributed by atoms with van der Waals surface area (Å²) in [5, 5.41) is 0. The number of rotatable bonds is 5. The average molecular weight is 213 g/mol. The van der Waals surface area contributed by atoms with Crippen molar-refractivity contribution in [1.29, 1.82) is 0 Å². The van der Waals surface area contributed by atoms with Crippen LogP contribution < -0.4 is 5.73 Å². The van der Waals surface area contributed by atoms with Crippen molar-refractivity contribution in [3.8, 4) is 0 Å². The van der Waals surface area contributed by atoms with Crippen molar-refractivity contribution < 1.29 is 4.74 Å². The maximum absolute atomic E-state index is 5.91. The van der Waals surface area contributed by atoms with Crippen molar-refractivity contribution in [3.63, 3.8) is 0 Å². The van der Waals surface area contributed by atoms with E-state index in [0.717, 1.165) is 24.9 Å². The van der Waals surface area contributed by atoms with E-state index in [1.54, 1.807) is 0 Å². The van der Waals surface area contributed by atoms with Crippen LogP contribution in [0.25, 0.3) is 0 Å². The lowest BCUT2D eigenvalue weighted by Gasteiger charge is -2.40. The van der Waals surface area contributed by atoms with Gasteiger partial charge in [-0.25, -0.2) is 0 Å². The van der Waals surface area contributed by atoms with Crippen LogP contribution in [0.5, 0.6) is 0 Å². The van der Waals surface area contributed by atoms with Crippen LogP contribution in [-0.2, 0) is 4.74 Å². The zero-order valence-corrected chi connectivity index (χ0v) is 10.6. The minimum Gasteiger partial charge on any atom is -0.374 e. The molecule has 1 rings (SSSR count). The van der Waals surface area contributed by atoms with Gasteiger partial charge in [0.05, 0.1) is 5.60 Å². The molecule has 0 aromatic rings. The van der Waals surface area contributed by atoms with E-state index in [1.165, 1.54) is 25.7 Å². The second-order valence-corrected chi connectivity index (χ2v) is 5.41. The normalized spacial score (nSPS) is 32.2. The highest BCUT2D eigenvalue weighted by Crippen LogP contribution is 2.37. The Bertz CT molecular complexity index is 177. The van der Waals surface area contributed by atoms with Gasteiger partial charge in [0.25, 0.3) is 0 Å². The van der Waals surface area contributed by atoms with Crippen molar-refractivity contribution in [2.75, 3.05) is 13.2 Å².